The van der Waals surface area contributed by atoms with Gasteiger partial charge in [-0.15, -0.1) is 0 Å². The number of phenolic OH excluding ortho intramolecular Hbond substituents is 1. The third-order valence-electron chi connectivity index (χ3n) is 4.81. The fourth-order valence-electron chi connectivity index (χ4n) is 2.94. The number of ether oxygens (including phenoxy) is 1. The average molecular weight is 374 g/mol. The molecule has 0 unspecified atom stereocenters. The summed E-state index contributed by atoms with van der Waals surface area (Å²) < 4.78 is 5.60. The molecule has 142 valence electrons. The zero-order valence-electron chi connectivity index (χ0n) is 16.1. The van der Waals surface area contributed by atoms with Gasteiger partial charge in [0.05, 0.1) is 0 Å². The molecule has 0 saturated heterocycles. The lowest BCUT2D eigenvalue weighted by molar-refractivity contribution is 0.0277. The molecule has 0 aliphatic carbocycles. The Kier molecular flexibility index (Phi) is 5.59. The Morgan fingerprint density at radius 1 is 0.821 bits per heavy atom. The van der Waals surface area contributed by atoms with E-state index >= 15 is 0 Å². The number of carbonyl (C=O) groups is 2. The smallest absolute Gasteiger partial charge is 0.342 e. The van der Waals surface area contributed by atoms with Crippen LogP contribution in [-0.2, 0) is 4.74 Å². The van der Waals surface area contributed by atoms with E-state index in [0.29, 0.717) is 16.7 Å². The molecule has 3 aromatic carbocycles. The second-order valence-electron chi connectivity index (χ2n) is 6.83. The summed E-state index contributed by atoms with van der Waals surface area (Å²) in [6, 6.07) is 19.1. The molecule has 0 aliphatic heterocycles. The minimum atomic E-state index is -1.10. The minimum absolute atomic E-state index is 0.0359. The van der Waals surface area contributed by atoms with Gasteiger partial charge in [-0.05, 0) is 49.6 Å². The van der Waals surface area contributed by atoms with Gasteiger partial charge in [-0.3, -0.25) is 4.79 Å². The fraction of sp³-hybridized carbons (Fsp3) is 0.167. The van der Waals surface area contributed by atoms with Crippen molar-refractivity contribution in [2.45, 2.75) is 26.9 Å². The first kappa shape index (κ1) is 19.4. The van der Waals surface area contributed by atoms with Gasteiger partial charge in [0.1, 0.15) is 11.3 Å². The standard InChI is InChI=1S/C24H22O4/c1-15-12-13-19(14-17(15)3)22(26)23(18-9-5-4-6-10-18)28-24(27)20-11-7-8-16(2)21(20)25/h4-14,23,25H,1-3H3/t23-/m1/s1. The van der Waals surface area contributed by atoms with Crippen molar-refractivity contribution in [2.75, 3.05) is 0 Å². The third-order valence-corrected chi connectivity index (χ3v) is 4.81. The molecule has 0 bridgehead atoms. The summed E-state index contributed by atoms with van der Waals surface area (Å²) in [5.41, 5.74) is 3.71. The molecule has 1 atom stereocenters. The molecule has 4 nitrogen and oxygen atoms in total. The highest BCUT2D eigenvalue weighted by molar-refractivity contribution is 6.02. The number of para-hydroxylation sites is 1. The van der Waals surface area contributed by atoms with Crippen LogP contribution in [0.4, 0.5) is 0 Å². The first-order valence-electron chi connectivity index (χ1n) is 9.04. The molecular weight excluding hydrogens is 352 g/mol. The van der Waals surface area contributed by atoms with Crippen LogP contribution in [0.5, 0.6) is 5.75 Å². The molecule has 0 amide bonds. The number of hydrogen-bond donors (Lipinski definition) is 1. The second-order valence-corrected chi connectivity index (χ2v) is 6.83. The first-order valence-corrected chi connectivity index (χ1v) is 9.04. The molecule has 0 fully saturated rings. The maximum absolute atomic E-state index is 13.2. The number of rotatable bonds is 5. The maximum Gasteiger partial charge on any atom is 0.342 e. The maximum atomic E-state index is 13.2. The molecule has 3 aromatic rings. The number of carbonyl (C=O) groups excluding carboxylic acids is 2. The topological polar surface area (TPSA) is 63.6 Å². The van der Waals surface area contributed by atoms with Gasteiger partial charge in [0.15, 0.2) is 6.10 Å². The molecule has 1 N–H and O–H groups in total. The van der Waals surface area contributed by atoms with Crippen molar-refractivity contribution >= 4 is 11.8 Å². The molecular formula is C24H22O4. The summed E-state index contributed by atoms with van der Waals surface area (Å²) in [7, 11) is 0. The molecule has 0 aromatic heterocycles. The van der Waals surface area contributed by atoms with E-state index < -0.39 is 12.1 Å². The Morgan fingerprint density at radius 2 is 1.54 bits per heavy atom. The van der Waals surface area contributed by atoms with Crippen LogP contribution in [0.2, 0.25) is 0 Å². The van der Waals surface area contributed by atoms with Gasteiger partial charge in [-0.1, -0.05) is 54.6 Å². The number of hydrogen-bond acceptors (Lipinski definition) is 4. The fourth-order valence-corrected chi connectivity index (χ4v) is 2.94. The predicted octanol–water partition coefficient (Wildman–Crippen LogP) is 5.10. The van der Waals surface area contributed by atoms with Gasteiger partial charge >= 0.3 is 5.97 Å². The number of benzene rings is 3. The van der Waals surface area contributed by atoms with Crippen molar-refractivity contribution in [3.63, 3.8) is 0 Å². The summed E-state index contributed by atoms with van der Waals surface area (Å²) in [5.74, 6) is -1.19. The lowest BCUT2D eigenvalue weighted by atomic mass is 9.97. The summed E-state index contributed by atoms with van der Waals surface area (Å²) in [4.78, 5) is 25.9. The molecule has 0 aliphatic rings. The number of ketones is 1. The monoisotopic (exact) mass is 374 g/mol. The van der Waals surface area contributed by atoms with Crippen molar-refractivity contribution in [1.29, 1.82) is 0 Å². The van der Waals surface area contributed by atoms with E-state index in [9.17, 15) is 14.7 Å². The molecule has 0 radical (unpaired) electrons. The quantitative estimate of drug-likeness (QED) is 0.499. The van der Waals surface area contributed by atoms with E-state index in [4.69, 9.17) is 4.74 Å². The van der Waals surface area contributed by atoms with Gasteiger partial charge in [-0.2, -0.15) is 0 Å². The zero-order chi connectivity index (χ0) is 20.3. The predicted molar refractivity (Wildman–Crippen MR) is 108 cm³/mol. The van der Waals surface area contributed by atoms with Gasteiger partial charge in [0, 0.05) is 11.1 Å². The van der Waals surface area contributed by atoms with E-state index in [1.165, 1.54) is 6.07 Å². The van der Waals surface area contributed by atoms with Crippen molar-refractivity contribution in [3.8, 4) is 5.75 Å². The number of aryl methyl sites for hydroxylation is 3. The van der Waals surface area contributed by atoms with E-state index in [0.717, 1.165) is 11.1 Å². The van der Waals surface area contributed by atoms with Crippen LogP contribution in [-0.4, -0.2) is 16.9 Å². The average Bonchev–Trinajstić information content (AvgIpc) is 2.70. The highest BCUT2D eigenvalue weighted by Gasteiger charge is 2.28. The van der Waals surface area contributed by atoms with Crippen LogP contribution in [0.25, 0.3) is 0 Å². The van der Waals surface area contributed by atoms with Crippen molar-refractivity contribution in [3.05, 3.63) is 100 Å². The number of phenols is 1. The Labute approximate surface area is 164 Å². The Morgan fingerprint density at radius 3 is 2.21 bits per heavy atom. The molecule has 0 heterocycles. The largest absolute Gasteiger partial charge is 0.507 e. The minimum Gasteiger partial charge on any atom is -0.507 e. The van der Waals surface area contributed by atoms with Crippen molar-refractivity contribution < 1.29 is 19.4 Å². The highest BCUT2D eigenvalue weighted by Crippen LogP contribution is 2.28. The summed E-state index contributed by atoms with van der Waals surface area (Å²) in [6.45, 7) is 5.60. The third kappa shape index (κ3) is 3.96. The normalized spacial score (nSPS) is 11.7. The van der Waals surface area contributed by atoms with Gasteiger partial charge in [0.25, 0.3) is 0 Å². The molecule has 0 spiro atoms. The molecule has 0 saturated carbocycles. The van der Waals surface area contributed by atoms with Crippen molar-refractivity contribution in [2.24, 2.45) is 0 Å². The summed E-state index contributed by atoms with van der Waals surface area (Å²) >= 11 is 0. The Hall–Kier alpha value is -3.40. The molecule has 3 rings (SSSR count). The number of Topliss-reactive ketones (excluding diaryl/α,β-unsaturated/α-hetero) is 1. The Bertz CT molecular complexity index is 1020. The lowest BCUT2D eigenvalue weighted by Gasteiger charge is -2.18. The summed E-state index contributed by atoms with van der Waals surface area (Å²) in [6.07, 6.45) is -1.10. The SMILES string of the molecule is Cc1ccc(C(=O)[C@H](OC(=O)c2cccc(C)c2O)c2ccccc2)cc1C. The van der Waals surface area contributed by atoms with Crippen LogP contribution >= 0.6 is 0 Å². The van der Waals surface area contributed by atoms with Gasteiger partial charge in [0.2, 0.25) is 5.78 Å². The Balaban J connectivity index is 1.98. The second kappa shape index (κ2) is 8.09. The van der Waals surface area contributed by atoms with Gasteiger partial charge < -0.3 is 9.84 Å². The van der Waals surface area contributed by atoms with Crippen LogP contribution < -0.4 is 0 Å². The number of esters is 1. The van der Waals surface area contributed by atoms with Crippen LogP contribution in [0, 0.1) is 20.8 Å². The van der Waals surface area contributed by atoms with Crippen LogP contribution in [0.1, 0.15) is 49.1 Å². The number of aromatic hydroxyl groups is 1. The molecule has 4 heteroatoms. The molecule has 28 heavy (non-hydrogen) atoms. The van der Waals surface area contributed by atoms with Crippen molar-refractivity contribution in [1.82, 2.24) is 0 Å². The van der Waals surface area contributed by atoms with E-state index in [2.05, 4.69) is 0 Å². The van der Waals surface area contributed by atoms with E-state index in [1.54, 1.807) is 55.5 Å². The van der Waals surface area contributed by atoms with Crippen LogP contribution in [0.15, 0.2) is 66.7 Å². The van der Waals surface area contributed by atoms with E-state index in [-0.39, 0.29) is 17.1 Å². The first-order chi connectivity index (χ1) is 13.4. The van der Waals surface area contributed by atoms with Crippen LogP contribution in [0.3, 0.4) is 0 Å². The lowest BCUT2D eigenvalue weighted by Crippen LogP contribution is -2.20. The van der Waals surface area contributed by atoms with Gasteiger partial charge in [-0.25, -0.2) is 4.79 Å². The van der Waals surface area contributed by atoms with E-state index in [1.807, 2.05) is 26.0 Å². The zero-order valence-corrected chi connectivity index (χ0v) is 16.1. The highest BCUT2D eigenvalue weighted by atomic mass is 16.5. The summed E-state index contributed by atoms with van der Waals surface area (Å²) in [5, 5.41) is 10.2.